The fourth-order valence-corrected chi connectivity index (χ4v) is 1.83. The maximum atomic E-state index is 13.4. The molecule has 0 heterocycles. The van der Waals surface area contributed by atoms with E-state index in [1.807, 2.05) is 0 Å². The van der Waals surface area contributed by atoms with Gasteiger partial charge in [-0.15, -0.1) is 0 Å². The Morgan fingerprint density at radius 1 is 0.880 bits per heavy atom. The van der Waals surface area contributed by atoms with Crippen molar-refractivity contribution in [2.24, 2.45) is 0 Å². The molecule has 0 fully saturated rings. The largest absolute Gasteiger partial charge is 0.484 e. The van der Waals surface area contributed by atoms with E-state index in [2.05, 4.69) is 11.3 Å². The summed E-state index contributed by atoms with van der Waals surface area (Å²) >= 11 is 0. The van der Waals surface area contributed by atoms with Crippen LogP contribution in [0.3, 0.4) is 0 Å². The normalized spacial score (nSPS) is 10.4. The number of halogens is 5. The maximum Gasteiger partial charge on any atom is 0.338 e. The summed E-state index contributed by atoms with van der Waals surface area (Å²) in [5.74, 6) is -12.9. The Morgan fingerprint density at radius 3 is 1.92 bits per heavy atom. The van der Waals surface area contributed by atoms with Crippen LogP contribution in [0.15, 0.2) is 30.8 Å². The monoisotopic (exact) mass is 358 g/mol. The van der Waals surface area contributed by atoms with Gasteiger partial charge in [-0.3, -0.25) is 0 Å². The van der Waals surface area contributed by atoms with Crippen molar-refractivity contribution in [3.05, 3.63) is 71.1 Å². The highest BCUT2D eigenvalue weighted by Crippen LogP contribution is 2.28. The summed E-state index contributed by atoms with van der Waals surface area (Å²) in [4.78, 5) is 11.7. The van der Waals surface area contributed by atoms with Gasteiger partial charge < -0.3 is 9.47 Å². The van der Waals surface area contributed by atoms with Gasteiger partial charge in [0, 0.05) is 0 Å². The molecule has 0 aliphatic rings. The van der Waals surface area contributed by atoms with Gasteiger partial charge in [0.25, 0.3) is 0 Å². The number of rotatable bonds is 6. The summed E-state index contributed by atoms with van der Waals surface area (Å²) in [6, 6.07) is 6.19. The molecule has 0 atom stereocenters. The van der Waals surface area contributed by atoms with Crippen LogP contribution >= 0.6 is 0 Å². The molecular weight excluding hydrogens is 347 g/mol. The Hall–Kier alpha value is -2.90. The molecule has 0 aliphatic heterocycles. The van der Waals surface area contributed by atoms with Gasteiger partial charge in [0.2, 0.25) is 29.1 Å². The summed E-state index contributed by atoms with van der Waals surface area (Å²) in [5, 5.41) is 0. The van der Waals surface area contributed by atoms with E-state index in [1.54, 1.807) is 18.2 Å². The fraction of sp³-hybridized carbons (Fsp3) is 0.118. The Bertz CT molecular complexity index is 774. The van der Waals surface area contributed by atoms with Crippen LogP contribution < -0.4 is 4.74 Å². The lowest BCUT2D eigenvalue weighted by atomic mass is 10.1. The SMILES string of the molecule is C=Cc1ccc(C(=O)OCCOc2c(F)c(F)c(F)c(F)c2F)cc1. The number of benzene rings is 2. The first-order valence-corrected chi connectivity index (χ1v) is 6.90. The van der Waals surface area contributed by atoms with Crippen molar-refractivity contribution in [3.63, 3.8) is 0 Å². The average Bonchev–Trinajstić information content (AvgIpc) is 2.64. The maximum absolute atomic E-state index is 13.4. The van der Waals surface area contributed by atoms with E-state index in [4.69, 9.17) is 4.74 Å². The van der Waals surface area contributed by atoms with Gasteiger partial charge in [-0.05, 0) is 17.7 Å². The molecule has 8 heteroatoms. The molecule has 2 aromatic rings. The first-order chi connectivity index (χ1) is 11.9. The van der Waals surface area contributed by atoms with Crippen LogP contribution in [-0.4, -0.2) is 19.2 Å². The molecule has 0 N–H and O–H groups in total. The Labute approximate surface area is 139 Å². The molecule has 3 nitrogen and oxygen atoms in total. The molecule has 132 valence electrons. The Balaban J connectivity index is 1.95. The van der Waals surface area contributed by atoms with E-state index in [9.17, 15) is 26.7 Å². The van der Waals surface area contributed by atoms with Crippen molar-refractivity contribution in [2.75, 3.05) is 13.2 Å². The molecule has 25 heavy (non-hydrogen) atoms. The van der Waals surface area contributed by atoms with E-state index in [-0.39, 0.29) is 5.56 Å². The molecule has 0 saturated carbocycles. The van der Waals surface area contributed by atoms with Gasteiger partial charge in [-0.2, -0.15) is 8.78 Å². The van der Waals surface area contributed by atoms with E-state index in [0.29, 0.717) is 0 Å². The highest BCUT2D eigenvalue weighted by molar-refractivity contribution is 5.89. The first kappa shape index (κ1) is 18.4. The molecule has 0 aromatic heterocycles. The number of carbonyl (C=O) groups excluding carboxylic acids is 1. The summed E-state index contributed by atoms with van der Waals surface area (Å²) in [6.07, 6.45) is 1.58. The van der Waals surface area contributed by atoms with E-state index in [0.717, 1.165) is 5.56 Å². The lowest BCUT2D eigenvalue weighted by Crippen LogP contribution is -2.14. The summed E-state index contributed by atoms with van der Waals surface area (Å²) in [5.41, 5.74) is 0.994. The van der Waals surface area contributed by atoms with Gasteiger partial charge in [0.05, 0.1) is 5.56 Å². The molecule has 0 radical (unpaired) electrons. The number of ether oxygens (including phenoxy) is 2. The molecule has 0 aliphatic carbocycles. The van der Waals surface area contributed by atoms with Crippen LogP contribution in [0.4, 0.5) is 22.0 Å². The van der Waals surface area contributed by atoms with Gasteiger partial charge in [-0.1, -0.05) is 24.8 Å². The van der Waals surface area contributed by atoms with Crippen LogP contribution in [-0.2, 0) is 4.74 Å². The van der Waals surface area contributed by atoms with Gasteiger partial charge in [-0.25, -0.2) is 18.0 Å². The quantitative estimate of drug-likeness (QED) is 0.254. The minimum Gasteiger partial charge on any atom is -0.484 e. The average molecular weight is 358 g/mol. The zero-order valence-electron chi connectivity index (χ0n) is 12.6. The zero-order chi connectivity index (χ0) is 18.6. The van der Waals surface area contributed by atoms with E-state index >= 15 is 0 Å². The topological polar surface area (TPSA) is 35.5 Å². The van der Waals surface area contributed by atoms with Crippen LogP contribution in [0.2, 0.25) is 0 Å². The highest BCUT2D eigenvalue weighted by atomic mass is 19.2. The molecule has 0 saturated heterocycles. The first-order valence-electron chi connectivity index (χ1n) is 6.90. The molecular formula is C17H11F5O3. The Morgan fingerprint density at radius 2 is 1.40 bits per heavy atom. The number of hydrogen-bond donors (Lipinski definition) is 0. The molecule has 0 unspecified atom stereocenters. The second kappa shape index (κ2) is 7.78. The van der Waals surface area contributed by atoms with E-state index in [1.165, 1.54) is 12.1 Å². The second-order valence-corrected chi connectivity index (χ2v) is 4.71. The molecule has 0 bridgehead atoms. The standard InChI is InChI=1S/C17H11F5O3/c1-2-9-3-5-10(6-4-9)17(23)25-8-7-24-16-14(21)12(19)11(18)13(20)15(16)22/h2-6H,1,7-8H2. The third-order valence-electron chi connectivity index (χ3n) is 3.11. The van der Waals surface area contributed by atoms with Crippen molar-refractivity contribution in [3.8, 4) is 5.75 Å². The van der Waals surface area contributed by atoms with Crippen molar-refractivity contribution >= 4 is 12.0 Å². The lowest BCUT2D eigenvalue weighted by Gasteiger charge is -2.10. The summed E-state index contributed by atoms with van der Waals surface area (Å²) < 4.78 is 74.9. The minimum absolute atomic E-state index is 0.210. The van der Waals surface area contributed by atoms with Gasteiger partial charge >= 0.3 is 5.97 Å². The predicted octanol–water partition coefficient (Wildman–Crippen LogP) is 4.26. The highest BCUT2D eigenvalue weighted by Gasteiger charge is 2.27. The summed E-state index contributed by atoms with van der Waals surface area (Å²) in [7, 11) is 0. The molecule has 0 spiro atoms. The van der Waals surface area contributed by atoms with Gasteiger partial charge in [0.1, 0.15) is 13.2 Å². The zero-order valence-corrected chi connectivity index (χ0v) is 12.6. The van der Waals surface area contributed by atoms with Crippen molar-refractivity contribution < 1.29 is 36.2 Å². The molecule has 0 amide bonds. The van der Waals surface area contributed by atoms with Crippen molar-refractivity contribution in [1.29, 1.82) is 0 Å². The van der Waals surface area contributed by atoms with Crippen LogP contribution in [0.25, 0.3) is 6.08 Å². The minimum atomic E-state index is -2.28. The smallest absolute Gasteiger partial charge is 0.338 e. The van der Waals surface area contributed by atoms with Gasteiger partial charge in [0.15, 0.2) is 5.75 Å². The van der Waals surface area contributed by atoms with Crippen LogP contribution in [0, 0.1) is 29.1 Å². The molecule has 2 rings (SSSR count). The van der Waals surface area contributed by atoms with Crippen LogP contribution in [0.5, 0.6) is 5.75 Å². The fourth-order valence-electron chi connectivity index (χ4n) is 1.83. The number of hydrogen-bond acceptors (Lipinski definition) is 3. The third kappa shape index (κ3) is 3.96. The van der Waals surface area contributed by atoms with Crippen molar-refractivity contribution in [1.82, 2.24) is 0 Å². The molecule has 2 aromatic carbocycles. The van der Waals surface area contributed by atoms with Crippen molar-refractivity contribution in [2.45, 2.75) is 0 Å². The predicted molar refractivity (Wildman–Crippen MR) is 78.5 cm³/mol. The number of esters is 1. The van der Waals surface area contributed by atoms with E-state index < -0.39 is 54.0 Å². The Kier molecular flexibility index (Phi) is 5.74. The second-order valence-electron chi connectivity index (χ2n) is 4.71. The summed E-state index contributed by atoms with van der Waals surface area (Å²) in [6.45, 7) is 2.50. The third-order valence-corrected chi connectivity index (χ3v) is 3.11. The van der Waals surface area contributed by atoms with Crippen LogP contribution in [0.1, 0.15) is 15.9 Å². The lowest BCUT2D eigenvalue weighted by molar-refractivity contribution is 0.0444. The number of carbonyl (C=O) groups is 1.